The van der Waals surface area contributed by atoms with Crippen molar-refractivity contribution >= 4 is 44.6 Å². The molecule has 3 aliphatic heterocycles. The fraction of sp³-hybridized carbons (Fsp3) is 0.517. The summed E-state index contributed by atoms with van der Waals surface area (Å²) in [7, 11) is -3.50. The number of piperidine rings is 2. The van der Waals surface area contributed by atoms with E-state index in [4.69, 9.17) is 0 Å². The summed E-state index contributed by atoms with van der Waals surface area (Å²) in [6, 6.07) is 8.37. The number of halogens is 2. The number of alkyl halides is 2. The predicted molar refractivity (Wildman–Crippen MR) is 155 cm³/mol. The second-order valence-corrected chi connectivity index (χ2v) is 13.7. The zero-order valence-corrected chi connectivity index (χ0v) is 23.9. The first kappa shape index (κ1) is 27.7. The molecule has 2 aromatic rings. The van der Waals surface area contributed by atoms with Crippen LogP contribution in [0.25, 0.3) is 0 Å². The van der Waals surface area contributed by atoms with Crippen LogP contribution in [0.4, 0.5) is 31.5 Å². The molecule has 3 fully saturated rings. The van der Waals surface area contributed by atoms with Crippen molar-refractivity contribution < 1.29 is 26.8 Å². The van der Waals surface area contributed by atoms with Gasteiger partial charge in [0.05, 0.1) is 33.9 Å². The van der Waals surface area contributed by atoms with Crippen LogP contribution in [0.15, 0.2) is 30.3 Å². The van der Waals surface area contributed by atoms with Crippen molar-refractivity contribution in [1.29, 1.82) is 0 Å². The molecular formula is C29H35F2N5O4S. The van der Waals surface area contributed by atoms with Crippen LogP contribution in [0.3, 0.4) is 0 Å². The Hall–Kier alpha value is -3.41. The molecule has 220 valence electrons. The first-order valence-corrected chi connectivity index (χ1v) is 15.9. The summed E-state index contributed by atoms with van der Waals surface area (Å²) in [6.45, 7) is 3.64. The summed E-state index contributed by atoms with van der Waals surface area (Å²) < 4.78 is 54.8. The maximum absolute atomic E-state index is 13.9. The lowest BCUT2D eigenvalue weighted by atomic mass is 9.93. The van der Waals surface area contributed by atoms with Gasteiger partial charge in [-0.25, -0.2) is 17.2 Å². The van der Waals surface area contributed by atoms with Crippen molar-refractivity contribution in [1.82, 2.24) is 5.32 Å². The number of sulfonamides is 1. The van der Waals surface area contributed by atoms with Gasteiger partial charge < -0.3 is 20.4 Å². The lowest BCUT2D eigenvalue weighted by Crippen LogP contribution is -2.40. The average molecular weight is 588 g/mol. The van der Waals surface area contributed by atoms with Crippen molar-refractivity contribution in [2.75, 3.05) is 51.8 Å². The van der Waals surface area contributed by atoms with Crippen molar-refractivity contribution in [2.24, 2.45) is 5.41 Å². The lowest BCUT2D eigenvalue weighted by Gasteiger charge is -2.35. The van der Waals surface area contributed by atoms with Crippen LogP contribution in [0.2, 0.25) is 0 Å². The Bertz CT molecular complexity index is 1490. The van der Waals surface area contributed by atoms with Gasteiger partial charge in [0.2, 0.25) is 10.0 Å². The molecule has 9 nitrogen and oxygen atoms in total. The third kappa shape index (κ3) is 5.71. The number of nitrogens with one attached hydrogen (secondary N) is 3. The van der Waals surface area contributed by atoms with E-state index >= 15 is 0 Å². The molecule has 0 atom stereocenters. The van der Waals surface area contributed by atoms with E-state index in [1.807, 2.05) is 0 Å². The molecule has 1 spiro atoms. The SMILES string of the molecule is CCS(=O)(=O)Nc1ccc(C(=O)Nc2cc3c(c(N4CCC(F)(F)CC4)c2)C(=O)NC3)c(N2CCC3(CC2)CC3)c1. The molecule has 0 radical (unpaired) electrons. The Balaban J connectivity index is 1.30. The molecule has 2 amide bonds. The Morgan fingerprint density at radius 2 is 1.56 bits per heavy atom. The van der Waals surface area contributed by atoms with Gasteiger partial charge in [-0.1, -0.05) is 0 Å². The van der Waals surface area contributed by atoms with Gasteiger partial charge in [0.1, 0.15) is 0 Å². The number of carbonyl (C=O) groups is 2. The Morgan fingerprint density at radius 1 is 0.927 bits per heavy atom. The molecule has 0 unspecified atom stereocenters. The second kappa shape index (κ2) is 10.1. The summed E-state index contributed by atoms with van der Waals surface area (Å²) in [5.74, 6) is -3.42. The molecule has 12 heteroatoms. The Morgan fingerprint density at radius 3 is 2.22 bits per heavy atom. The molecule has 6 rings (SSSR count). The van der Waals surface area contributed by atoms with Gasteiger partial charge in [-0.2, -0.15) is 0 Å². The Labute approximate surface area is 238 Å². The van der Waals surface area contributed by atoms with Gasteiger partial charge in [-0.15, -0.1) is 0 Å². The summed E-state index contributed by atoms with van der Waals surface area (Å²) in [5, 5.41) is 5.76. The molecule has 3 heterocycles. The minimum atomic E-state index is -3.50. The van der Waals surface area contributed by atoms with Crippen LogP contribution in [-0.4, -0.2) is 58.1 Å². The van der Waals surface area contributed by atoms with Gasteiger partial charge in [-0.05, 0) is 73.9 Å². The minimum absolute atomic E-state index is 0.0660. The molecule has 0 bridgehead atoms. The first-order chi connectivity index (χ1) is 19.5. The molecule has 4 aliphatic rings. The predicted octanol–water partition coefficient (Wildman–Crippen LogP) is 4.56. The van der Waals surface area contributed by atoms with Crippen LogP contribution < -0.4 is 25.2 Å². The van der Waals surface area contributed by atoms with Crippen LogP contribution >= 0.6 is 0 Å². The van der Waals surface area contributed by atoms with Gasteiger partial charge in [0.25, 0.3) is 17.7 Å². The van der Waals surface area contributed by atoms with Gasteiger partial charge in [0, 0.05) is 51.3 Å². The monoisotopic (exact) mass is 587 g/mol. The van der Waals surface area contributed by atoms with Crippen molar-refractivity contribution in [2.45, 2.75) is 57.9 Å². The van der Waals surface area contributed by atoms with E-state index in [0.717, 1.165) is 25.9 Å². The quantitative estimate of drug-likeness (QED) is 0.438. The summed E-state index contributed by atoms with van der Waals surface area (Å²) in [5.41, 5.74) is 4.06. The maximum atomic E-state index is 13.9. The molecule has 41 heavy (non-hydrogen) atoms. The average Bonchev–Trinajstić information content (AvgIpc) is 3.59. The van der Waals surface area contributed by atoms with Crippen molar-refractivity contribution in [3.05, 3.63) is 47.0 Å². The van der Waals surface area contributed by atoms with E-state index in [2.05, 4.69) is 20.3 Å². The minimum Gasteiger partial charge on any atom is -0.371 e. The lowest BCUT2D eigenvalue weighted by molar-refractivity contribution is -0.0220. The topological polar surface area (TPSA) is 111 Å². The number of hydrogen-bond donors (Lipinski definition) is 3. The van der Waals surface area contributed by atoms with Crippen molar-refractivity contribution in [3.8, 4) is 0 Å². The second-order valence-electron chi connectivity index (χ2n) is 11.7. The summed E-state index contributed by atoms with van der Waals surface area (Å²) in [6.07, 6.45) is 3.93. The number of nitrogens with zero attached hydrogens (tertiary/aromatic N) is 2. The van der Waals surface area contributed by atoms with E-state index in [1.165, 1.54) is 12.8 Å². The molecule has 1 aliphatic carbocycles. The van der Waals surface area contributed by atoms with E-state index in [-0.39, 0.29) is 43.5 Å². The highest BCUT2D eigenvalue weighted by atomic mass is 32.2. The maximum Gasteiger partial charge on any atom is 0.257 e. The smallest absolute Gasteiger partial charge is 0.257 e. The van der Waals surface area contributed by atoms with E-state index in [1.54, 1.807) is 42.2 Å². The largest absolute Gasteiger partial charge is 0.371 e. The van der Waals surface area contributed by atoms with Crippen LogP contribution in [0.1, 0.15) is 71.7 Å². The standard InChI is InChI=1S/C29H35F2N5O4S/c1-2-41(39,40)34-20-3-4-22(23(16-20)35-11-7-28(5-6-28)8-12-35)26(37)33-21-15-19-18-32-27(38)25(19)24(17-21)36-13-9-29(30,31)10-14-36/h3-4,15-17,34H,2,5-14,18H2,1H3,(H,32,38)(H,33,37). The van der Waals surface area contributed by atoms with Crippen molar-refractivity contribution in [3.63, 3.8) is 0 Å². The fourth-order valence-corrected chi connectivity index (χ4v) is 6.78. The number of hydrogen-bond acceptors (Lipinski definition) is 6. The highest BCUT2D eigenvalue weighted by molar-refractivity contribution is 7.92. The van der Waals surface area contributed by atoms with Crippen LogP contribution in [-0.2, 0) is 16.6 Å². The summed E-state index contributed by atoms with van der Waals surface area (Å²) >= 11 is 0. The number of amides is 2. The van der Waals surface area contributed by atoms with Crippen LogP contribution in [0, 0.1) is 5.41 Å². The van der Waals surface area contributed by atoms with Crippen LogP contribution in [0.5, 0.6) is 0 Å². The molecule has 2 saturated heterocycles. The van der Waals surface area contributed by atoms with Gasteiger partial charge in [-0.3, -0.25) is 14.3 Å². The number of rotatable bonds is 7. The zero-order chi connectivity index (χ0) is 29.0. The number of fused-ring (bicyclic) bond motifs is 1. The third-order valence-electron chi connectivity index (χ3n) is 8.98. The van der Waals surface area contributed by atoms with E-state index in [0.29, 0.717) is 51.4 Å². The Kier molecular flexibility index (Phi) is 6.87. The third-order valence-corrected chi connectivity index (χ3v) is 10.3. The first-order valence-electron chi connectivity index (χ1n) is 14.3. The molecule has 3 N–H and O–H groups in total. The van der Waals surface area contributed by atoms with E-state index in [9.17, 15) is 26.8 Å². The fourth-order valence-electron chi connectivity index (χ4n) is 6.14. The highest BCUT2D eigenvalue weighted by Gasteiger charge is 2.44. The molecule has 1 saturated carbocycles. The van der Waals surface area contributed by atoms with Gasteiger partial charge >= 0.3 is 0 Å². The van der Waals surface area contributed by atoms with Gasteiger partial charge in [0.15, 0.2) is 0 Å². The number of anilines is 4. The zero-order valence-electron chi connectivity index (χ0n) is 23.1. The van der Waals surface area contributed by atoms with E-state index < -0.39 is 15.9 Å². The molecule has 0 aromatic heterocycles. The molecular weight excluding hydrogens is 552 g/mol. The normalized spacial score (nSPS) is 20.9. The number of benzene rings is 2. The number of carbonyl (C=O) groups excluding carboxylic acids is 2. The molecule has 2 aromatic carbocycles. The summed E-state index contributed by atoms with van der Waals surface area (Å²) in [4.78, 5) is 30.3. The highest BCUT2D eigenvalue weighted by Crippen LogP contribution is 2.54.